The molecular weight excluding hydrogens is 414 g/mol. The molecule has 0 atom stereocenters. The van der Waals surface area contributed by atoms with Crippen LogP contribution in [0, 0.1) is 0 Å². The molecule has 0 unspecified atom stereocenters. The Kier molecular flexibility index (Phi) is 5.06. The molecule has 27 heavy (non-hydrogen) atoms. The van der Waals surface area contributed by atoms with E-state index in [1.54, 1.807) is 0 Å². The molecule has 0 aliphatic carbocycles. The number of nitrogens with zero attached hydrogens (tertiary/aromatic N) is 2. The van der Waals surface area contributed by atoms with Crippen molar-refractivity contribution >= 4 is 21.8 Å². The lowest BCUT2D eigenvalue weighted by atomic mass is 10.2. The van der Waals surface area contributed by atoms with Crippen molar-refractivity contribution in [1.82, 2.24) is 15.5 Å². The van der Waals surface area contributed by atoms with Gasteiger partial charge in [-0.2, -0.15) is 4.98 Å². The normalized spacial score (nSPS) is 12.2. The summed E-state index contributed by atoms with van der Waals surface area (Å²) in [7, 11) is 0. The highest BCUT2D eigenvalue weighted by Gasteiger charge is 2.14. The minimum atomic E-state index is -0.0870. The Morgan fingerprint density at radius 2 is 1.93 bits per heavy atom. The molecule has 0 fully saturated rings. The molecule has 0 saturated carbocycles. The summed E-state index contributed by atoms with van der Waals surface area (Å²) >= 11 is 3.39. The van der Waals surface area contributed by atoms with Gasteiger partial charge < -0.3 is 19.3 Å². The Labute approximate surface area is 163 Å². The van der Waals surface area contributed by atoms with Crippen molar-refractivity contribution in [3.63, 3.8) is 0 Å². The van der Waals surface area contributed by atoms with Crippen molar-refractivity contribution in [2.24, 2.45) is 0 Å². The molecule has 138 valence electrons. The Morgan fingerprint density at radius 1 is 1.11 bits per heavy atom. The maximum Gasteiger partial charge on any atom is 0.231 e. The average molecular weight is 430 g/mol. The summed E-state index contributed by atoms with van der Waals surface area (Å²) in [6.45, 7) is 0.654. The summed E-state index contributed by atoms with van der Waals surface area (Å²) in [6.07, 6.45) is 0.656. The molecule has 1 aliphatic heterocycles. The van der Waals surface area contributed by atoms with Crippen LogP contribution in [-0.2, 0) is 17.8 Å². The number of rotatable bonds is 6. The number of nitrogens with one attached hydrogen (secondary N) is 1. The van der Waals surface area contributed by atoms with Crippen LogP contribution in [0.15, 0.2) is 51.5 Å². The van der Waals surface area contributed by atoms with E-state index in [1.165, 1.54) is 0 Å². The lowest BCUT2D eigenvalue weighted by Crippen LogP contribution is -2.23. The zero-order chi connectivity index (χ0) is 18.6. The standard InChI is InChI=1S/C19H16BrN3O4/c20-14-4-2-13(3-5-14)19-22-18(27-23-19)8-7-17(24)21-10-12-1-6-15-16(9-12)26-11-25-15/h1-6,9H,7-8,10-11H2,(H,21,24). The average Bonchev–Trinajstić information content (AvgIpc) is 3.34. The minimum absolute atomic E-state index is 0.0870. The van der Waals surface area contributed by atoms with Gasteiger partial charge in [0.1, 0.15) is 0 Å². The SMILES string of the molecule is O=C(CCc1nc(-c2ccc(Br)cc2)no1)NCc1ccc2c(c1)OCO2. The molecule has 4 rings (SSSR count). The molecule has 3 aromatic rings. The number of carbonyl (C=O) groups is 1. The smallest absolute Gasteiger partial charge is 0.231 e. The molecule has 1 aromatic heterocycles. The van der Waals surface area contributed by atoms with Crippen LogP contribution in [0.25, 0.3) is 11.4 Å². The van der Waals surface area contributed by atoms with E-state index in [0.29, 0.717) is 30.4 Å². The lowest BCUT2D eigenvalue weighted by molar-refractivity contribution is -0.121. The van der Waals surface area contributed by atoms with Crippen LogP contribution in [0.4, 0.5) is 0 Å². The van der Waals surface area contributed by atoms with Crippen molar-refractivity contribution in [3.8, 4) is 22.9 Å². The van der Waals surface area contributed by atoms with Crippen molar-refractivity contribution in [3.05, 3.63) is 58.4 Å². The van der Waals surface area contributed by atoms with Crippen molar-refractivity contribution in [1.29, 1.82) is 0 Å². The zero-order valence-corrected chi connectivity index (χ0v) is 15.9. The zero-order valence-electron chi connectivity index (χ0n) is 14.3. The Balaban J connectivity index is 1.27. The number of ether oxygens (including phenoxy) is 2. The summed E-state index contributed by atoms with van der Waals surface area (Å²) in [5, 5.41) is 6.84. The van der Waals surface area contributed by atoms with Crippen LogP contribution in [-0.4, -0.2) is 22.8 Å². The number of halogens is 1. The quantitative estimate of drug-likeness (QED) is 0.645. The fourth-order valence-electron chi connectivity index (χ4n) is 2.63. The Hall–Kier alpha value is -2.87. The lowest BCUT2D eigenvalue weighted by Gasteiger charge is -2.05. The van der Waals surface area contributed by atoms with Gasteiger partial charge in [-0.1, -0.05) is 27.2 Å². The van der Waals surface area contributed by atoms with Gasteiger partial charge in [-0.05, 0) is 42.0 Å². The number of hydrogen-bond donors (Lipinski definition) is 1. The van der Waals surface area contributed by atoms with E-state index in [9.17, 15) is 4.79 Å². The minimum Gasteiger partial charge on any atom is -0.454 e. The first-order chi connectivity index (χ1) is 13.2. The predicted octanol–water partition coefficient (Wildman–Crippen LogP) is 3.48. The topological polar surface area (TPSA) is 86.5 Å². The van der Waals surface area contributed by atoms with E-state index in [-0.39, 0.29) is 19.1 Å². The highest BCUT2D eigenvalue weighted by atomic mass is 79.9. The van der Waals surface area contributed by atoms with E-state index >= 15 is 0 Å². The van der Waals surface area contributed by atoms with E-state index in [0.717, 1.165) is 21.3 Å². The first-order valence-corrected chi connectivity index (χ1v) is 9.20. The van der Waals surface area contributed by atoms with Crippen molar-refractivity contribution in [2.45, 2.75) is 19.4 Å². The van der Waals surface area contributed by atoms with Gasteiger partial charge in [-0.15, -0.1) is 0 Å². The number of aryl methyl sites for hydroxylation is 1. The van der Waals surface area contributed by atoms with E-state index in [2.05, 4.69) is 31.4 Å². The fourth-order valence-corrected chi connectivity index (χ4v) is 2.90. The maximum atomic E-state index is 12.1. The van der Waals surface area contributed by atoms with Gasteiger partial charge in [0.15, 0.2) is 11.5 Å². The van der Waals surface area contributed by atoms with Gasteiger partial charge in [-0.3, -0.25) is 4.79 Å². The molecule has 0 radical (unpaired) electrons. The molecule has 0 bridgehead atoms. The van der Waals surface area contributed by atoms with Gasteiger partial charge in [0.05, 0.1) is 0 Å². The summed E-state index contributed by atoms with van der Waals surface area (Å²) in [6, 6.07) is 13.2. The first kappa shape index (κ1) is 17.5. The predicted molar refractivity (Wildman–Crippen MR) is 100 cm³/mol. The molecule has 7 nitrogen and oxygen atoms in total. The van der Waals surface area contributed by atoms with Crippen molar-refractivity contribution < 1.29 is 18.8 Å². The van der Waals surface area contributed by atoms with Gasteiger partial charge >= 0.3 is 0 Å². The van der Waals surface area contributed by atoms with Gasteiger partial charge in [0, 0.05) is 29.4 Å². The largest absolute Gasteiger partial charge is 0.454 e. The molecule has 0 saturated heterocycles. The number of fused-ring (bicyclic) bond motifs is 1. The van der Waals surface area contributed by atoms with E-state index in [4.69, 9.17) is 14.0 Å². The number of aromatic nitrogens is 2. The molecule has 2 heterocycles. The summed E-state index contributed by atoms with van der Waals surface area (Å²) < 4.78 is 16.8. The highest BCUT2D eigenvalue weighted by molar-refractivity contribution is 9.10. The number of hydrogen-bond acceptors (Lipinski definition) is 6. The molecule has 8 heteroatoms. The fraction of sp³-hybridized carbons (Fsp3) is 0.211. The van der Waals surface area contributed by atoms with Crippen LogP contribution in [0.3, 0.4) is 0 Å². The molecule has 1 amide bonds. The van der Waals surface area contributed by atoms with Gasteiger partial charge in [0.25, 0.3) is 0 Å². The molecule has 1 N–H and O–H groups in total. The Morgan fingerprint density at radius 3 is 2.78 bits per heavy atom. The number of amides is 1. The van der Waals surface area contributed by atoms with E-state index in [1.807, 2.05) is 42.5 Å². The van der Waals surface area contributed by atoms with E-state index < -0.39 is 0 Å². The maximum absolute atomic E-state index is 12.1. The Bertz CT molecular complexity index is 956. The first-order valence-electron chi connectivity index (χ1n) is 8.41. The number of benzene rings is 2. The molecule has 2 aromatic carbocycles. The summed E-state index contributed by atoms with van der Waals surface area (Å²) in [4.78, 5) is 16.4. The van der Waals surface area contributed by atoms with Crippen LogP contribution >= 0.6 is 15.9 Å². The summed E-state index contributed by atoms with van der Waals surface area (Å²) in [5.74, 6) is 2.29. The monoisotopic (exact) mass is 429 g/mol. The number of carbonyl (C=O) groups excluding carboxylic acids is 1. The van der Waals surface area contributed by atoms with Crippen LogP contribution in [0.5, 0.6) is 11.5 Å². The van der Waals surface area contributed by atoms with Crippen molar-refractivity contribution in [2.75, 3.05) is 6.79 Å². The molecule has 1 aliphatic rings. The second-order valence-corrected chi connectivity index (χ2v) is 6.90. The van der Waals surface area contributed by atoms with Gasteiger partial charge in [-0.25, -0.2) is 0 Å². The second-order valence-electron chi connectivity index (χ2n) is 5.98. The third kappa shape index (κ3) is 4.28. The highest BCUT2D eigenvalue weighted by Crippen LogP contribution is 2.32. The molecule has 0 spiro atoms. The van der Waals surface area contributed by atoms with Gasteiger partial charge in [0.2, 0.25) is 24.4 Å². The second kappa shape index (κ2) is 7.79. The van der Waals surface area contributed by atoms with Crippen LogP contribution in [0.2, 0.25) is 0 Å². The van der Waals surface area contributed by atoms with Crippen LogP contribution in [0.1, 0.15) is 17.9 Å². The third-order valence-electron chi connectivity index (χ3n) is 4.06. The molecular formula is C19H16BrN3O4. The summed E-state index contributed by atoms with van der Waals surface area (Å²) in [5.41, 5.74) is 1.81. The third-order valence-corrected chi connectivity index (χ3v) is 4.59. The van der Waals surface area contributed by atoms with Crippen LogP contribution < -0.4 is 14.8 Å².